The molecule has 0 saturated heterocycles. The highest BCUT2D eigenvalue weighted by molar-refractivity contribution is 6.35. The predicted molar refractivity (Wildman–Crippen MR) is 121 cm³/mol. The van der Waals surface area contributed by atoms with Gasteiger partial charge in [-0.25, -0.2) is 4.98 Å². The summed E-state index contributed by atoms with van der Waals surface area (Å²) >= 11 is 12.8. The number of imidazole rings is 1. The van der Waals surface area contributed by atoms with Crippen LogP contribution < -0.4 is 0 Å². The van der Waals surface area contributed by atoms with E-state index in [0.29, 0.717) is 21.6 Å². The van der Waals surface area contributed by atoms with Crippen LogP contribution in [-0.2, 0) is 0 Å². The molecule has 0 aliphatic rings. The van der Waals surface area contributed by atoms with Gasteiger partial charge in [-0.1, -0.05) is 35.3 Å². The number of nitrogens with one attached hydrogen (secondary N) is 1. The number of nitrogens with zero attached hydrogens (tertiary/aromatic N) is 6. The van der Waals surface area contributed by atoms with Gasteiger partial charge in [-0.2, -0.15) is 5.10 Å². The van der Waals surface area contributed by atoms with Crippen LogP contribution in [-0.4, -0.2) is 34.3 Å². The van der Waals surface area contributed by atoms with E-state index in [1.54, 1.807) is 24.7 Å². The summed E-state index contributed by atoms with van der Waals surface area (Å²) in [7, 11) is 0. The zero-order valence-electron chi connectivity index (χ0n) is 15.9. The Morgan fingerprint density at radius 2 is 1.90 bits per heavy atom. The van der Waals surface area contributed by atoms with Gasteiger partial charge in [-0.3, -0.25) is 14.1 Å². The first-order chi connectivity index (χ1) is 15.2. The molecule has 6 rings (SSSR count). The first kappa shape index (κ1) is 18.1. The van der Waals surface area contributed by atoms with E-state index >= 15 is 0 Å². The molecule has 150 valence electrons. The van der Waals surface area contributed by atoms with Crippen molar-refractivity contribution in [2.24, 2.45) is 0 Å². The van der Waals surface area contributed by atoms with Gasteiger partial charge in [0, 0.05) is 22.2 Å². The molecule has 9 heteroatoms. The van der Waals surface area contributed by atoms with Gasteiger partial charge in [0.2, 0.25) is 0 Å². The van der Waals surface area contributed by atoms with Crippen LogP contribution >= 0.6 is 23.2 Å². The second-order valence-corrected chi connectivity index (χ2v) is 7.84. The van der Waals surface area contributed by atoms with Crippen LogP contribution in [0.4, 0.5) is 0 Å². The molecule has 0 fully saturated rings. The van der Waals surface area contributed by atoms with E-state index in [1.807, 2.05) is 57.6 Å². The number of aromatic nitrogens is 7. The lowest BCUT2D eigenvalue weighted by Crippen LogP contribution is -2.00. The molecule has 0 atom stereocenters. The number of benzene rings is 2. The lowest BCUT2D eigenvalue weighted by molar-refractivity contribution is 1.05. The predicted octanol–water partition coefficient (Wildman–Crippen LogP) is 5.43. The average Bonchev–Trinajstić information content (AvgIpc) is 3.52. The summed E-state index contributed by atoms with van der Waals surface area (Å²) in [5.41, 5.74) is 4.75. The normalized spacial score (nSPS) is 11.5. The van der Waals surface area contributed by atoms with E-state index in [2.05, 4.69) is 20.4 Å². The number of aromatic amines is 1. The van der Waals surface area contributed by atoms with Gasteiger partial charge in [0.05, 0.1) is 22.4 Å². The fourth-order valence-corrected chi connectivity index (χ4v) is 4.19. The molecule has 0 bridgehead atoms. The van der Waals surface area contributed by atoms with Gasteiger partial charge in [0.15, 0.2) is 5.82 Å². The molecule has 2 aromatic carbocycles. The zero-order valence-corrected chi connectivity index (χ0v) is 17.4. The standard InChI is InChI=1S/C22H13Cl2N7/c23-13-7-8-16(24)14(10-13)20-21(30-9-2-1-6-19(30)27-20)22-29-26-12-31(22)18-5-3-4-17-15(18)11-25-28-17/h1-12H,(H,25,28). The molecular formula is C22H13Cl2N7. The van der Waals surface area contributed by atoms with Crippen molar-refractivity contribution in [1.29, 1.82) is 0 Å². The Morgan fingerprint density at radius 3 is 2.84 bits per heavy atom. The number of hydrogen-bond donors (Lipinski definition) is 1. The van der Waals surface area contributed by atoms with E-state index in [-0.39, 0.29) is 0 Å². The Hall–Kier alpha value is -3.68. The number of fused-ring (bicyclic) bond motifs is 2. The highest BCUT2D eigenvalue weighted by Crippen LogP contribution is 2.38. The van der Waals surface area contributed by atoms with Crippen LogP contribution in [0, 0.1) is 0 Å². The summed E-state index contributed by atoms with van der Waals surface area (Å²) in [6.07, 6.45) is 5.41. The summed E-state index contributed by atoms with van der Waals surface area (Å²) in [6.45, 7) is 0. The second kappa shape index (κ2) is 6.94. The largest absolute Gasteiger partial charge is 0.296 e. The molecule has 0 radical (unpaired) electrons. The van der Waals surface area contributed by atoms with Crippen LogP contribution in [0.2, 0.25) is 10.0 Å². The highest BCUT2D eigenvalue weighted by Gasteiger charge is 2.23. The number of pyridine rings is 1. The fraction of sp³-hybridized carbons (Fsp3) is 0. The molecule has 0 unspecified atom stereocenters. The van der Waals surface area contributed by atoms with E-state index < -0.39 is 0 Å². The molecule has 31 heavy (non-hydrogen) atoms. The number of hydrogen-bond acceptors (Lipinski definition) is 4. The summed E-state index contributed by atoms with van der Waals surface area (Å²) < 4.78 is 3.90. The lowest BCUT2D eigenvalue weighted by atomic mass is 10.1. The number of rotatable bonds is 3. The minimum atomic E-state index is 0.553. The Balaban J connectivity index is 1.68. The van der Waals surface area contributed by atoms with Crippen LogP contribution in [0.1, 0.15) is 0 Å². The zero-order chi connectivity index (χ0) is 20.9. The van der Waals surface area contributed by atoms with Gasteiger partial charge in [-0.15, -0.1) is 10.2 Å². The maximum absolute atomic E-state index is 6.55. The van der Waals surface area contributed by atoms with Crippen molar-refractivity contribution in [3.63, 3.8) is 0 Å². The van der Waals surface area contributed by atoms with Crippen LogP contribution in [0.3, 0.4) is 0 Å². The lowest BCUT2D eigenvalue weighted by Gasteiger charge is -2.10. The Labute approximate surface area is 185 Å². The quantitative estimate of drug-likeness (QED) is 0.393. The molecule has 7 nitrogen and oxygen atoms in total. The maximum Gasteiger partial charge on any atom is 0.187 e. The summed E-state index contributed by atoms with van der Waals surface area (Å²) in [6, 6.07) is 17.1. The molecule has 0 aliphatic heterocycles. The molecule has 0 aliphatic carbocycles. The Morgan fingerprint density at radius 1 is 0.968 bits per heavy atom. The van der Waals surface area contributed by atoms with E-state index in [0.717, 1.165) is 33.5 Å². The smallest absolute Gasteiger partial charge is 0.187 e. The molecule has 4 aromatic heterocycles. The fourth-order valence-electron chi connectivity index (χ4n) is 3.81. The van der Waals surface area contributed by atoms with Crippen molar-refractivity contribution in [3.8, 4) is 28.5 Å². The first-order valence-corrected chi connectivity index (χ1v) is 10.2. The van der Waals surface area contributed by atoms with Crippen molar-refractivity contribution in [2.45, 2.75) is 0 Å². The van der Waals surface area contributed by atoms with Crippen molar-refractivity contribution in [3.05, 3.63) is 83.4 Å². The van der Waals surface area contributed by atoms with Gasteiger partial charge in [-0.05, 0) is 42.5 Å². The van der Waals surface area contributed by atoms with Crippen molar-refractivity contribution < 1.29 is 0 Å². The van der Waals surface area contributed by atoms with Crippen LogP contribution in [0.15, 0.2) is 73.3 Å². The Kier molecular flexibility index (Phi) is 4.05. The van der Waals surface area contributed by atoms with Gasteiger partial charge in [0.25, 0.3) is 0 Å². The third kappa shape index (κ3) is 2.82. The highest BCUT2D eigenvalue weighted by atomic mass is 35.5. The van der Waals surface area contributed by atoms with Gasteiger partial charge in [0.1, 0.15) is 23.4 Å². The van der Waals surface area contributed by atoms with Crippen LogP contribution in [0.25, 0.3) is 45.0 Å². The average molecular weight is 446 g/mol. The number of halogens is 2. The van der Waals surface area contributed by atoms with E-state index in [9.17, 15) is 0 Å². The van der Waals surface area contributed by atoms with Gasteiger partial charge >= 0.3 is 0 Å². The maximum atomic E-state index is 6.55. The van der Waals surface area contributed by atoms with Gasteiger partial charge < -0.3 is 0 Å². The molecular weight excluding hydrogens is 433 g/mol. The second-order valence-electron chi connectivity index (χ2n) is 6.99. The third-order valence-electron chi connectivity index (χ3n) is 5.19. The summed E-state index contributed by atoms with van der Waals surface area (Å²) in [4.78, 5) is 4.85. The minimum absolute atomic E-state index is 0.553. The minimum Gasteiger partial charge on any atom is -0.296 e. The molecule has 0 spiro atoms. The van der Waals surface area contributed by atoms with Crippen LogP contribution in [0.5, 0.6) is 0 Å². The van der Waals surface area contributed by atoms with Crippen molar-refractivity contribution in [1.82, 2.24) is 34.3 Å². The molecule has 0 saturated carbocycles. The molecule has 4 heterocycles. The van der Waals surface area contributed by atoms with Crippen molar-refractivity contribution in [2.75, 3.05) is 0 Å². The monoisotopic (exact) mass is 445 g/mol. The molecule has 6 aromatic rings. The molecule has 0 amide bonds. The van der Waals surface area contributed by atoms with E-state index in [4.69, 9.17) is 28.2 Å². The SMILES string of the molecule is Clc1ccc(Cl)c(-c2nc3ccccn3c2-c2nncn2-c2cccc3[nH]ncc23)c1. The summed E-state index contributed by atoms with van der Waals surface area (Å²) in [5.74, 6) is 0.624. The number of H-pyrrole nitrogens is 1. The Bertz CT molecular complexity index is 1580. The first-order valence-electron chi connectivity index (χ1n) is 9.46. The molecule has 1 N–H and O–H groups in total. The van der Waals surface area contributed by atoms with E-state index in [1.165, 1.54) is 0 Å². The topological polar surface area (TPSA) is 76.7 Å². The summed E-state index contributed by atoms with van der Waals surface area (Å²) in [5, 5.41) is 17.9. The van der Waals surface area contributed by atoms with Crippen molar-refractivity contribution >= 4 is 39.8 Å². The third-order valence-corrected chi connectivity index (χ3v) is 5.76.